The van der Waals surface area contributed by atoms with Crippen molar-refractivity contribution in [3.8, 4) is 0 Å². The highest BCUT2D eigenvalue weighted by atomic mass is 35.5. The summed E-state index contributed by atoms with van der Waals surface area (Å²) < 4.78 is 18.5. The number of aromatic nitrogens is 1. The zero-order valence-corrected chi connectivity index (χ0v) is 11.5. The first-order valence-corrected chi connectivity index (χ1v) is 6.80. The number of benzene rings is 1. The molecule has 18 heavy (non-hydrogen) atoms. The Hall–Kier alpha value is -1.11. The zero-order valence-electron chi connectivity index (χ0n) is 9.15. The van der Waals surface area contributed by atoms with Crippen LogP contribution in [0.3, 0.4) is 0 Å². The number of hydrogen-bond acceptors (Lipinski definition) is 5. The highest BCUT2D eigenvalue weighted by Gasteiger charge is 2.18. The molecule has 0 amide bonds. The third-order valence-corrected chi connectivity index (χ3v) is 4.50. The molecule has 0 atom stereocenters. The van der Waals surface area contributed by atoms with Gasteiger partial charge in [-0.05, 0) is 12.1 Å². The number of hydrogen-bond donors (Lipinski definition) is 0. The third-order valence-electron chi connectivity index (χ3n) is 1.97. The summed E-state index contributed by atoms with van der Waals surface area (Å²) in [5.41, 5.74) is 0. The Morgan fingerprint density at radius 2 is 2.22 bits per heavy atom. The molecule has 0 radical (unpaired) electrons. The Labute approximate surface area is 116 Å². The first kappa shape index (κ1) is 13.3. The summed E-state index contributed by atoms with van der Waals surface area (Å²) in [6.07, 6.45) is 0. The van der Waals surface area contributed by atoms with Crippen molar-refractivity contribution >= 4 is 40.7 Å². The Morgan fingerprint density at radius 3 is 2.89 bits per heavy atom. The van der Waals surface area contributed by atoms with Crippen molar-refractivity contribution in [1.29, 1.82) is 0 Å². The molecule has 0 aliphatic carbocycles. The maximum absolute atomic E-state index is 13.4. The van der Waals surface area contributed by atoms with E-state index in [9.17, 15) is 9.18 Å². The molecule has 7 heteroatoms. The normalized spacial score (nSPS) is 10.4. The summed E-state index contributed by atoms with van der Waals surface area (Å²) in [5.74, 6) is -0.883. The predicted molar refractivity (Wildman–Crippen MR) is 69.0 cm³/mol. The lowest BCUT2D eigenvalue weighted by Gasteiger charge is -1.98. The summed E-state index contributed by atoms with van der Waals surface area (Å²) in [4.78, 5) is 16.0. The van der Waals surface area contributed by atoms with Crippen LogP contribution in [0, 0.1) is 5.82 Å². The van der Waals surface area contributed by atoms with Gasteiger partial charge in [0.05, 0.1) is 12.0 Å². The first-order chi connectivity index (χ1) is 8.61. The fraction of sp³-hybridized carbons (Fsp3) is 0.0909. The minimum Gasteiger partial charge on any atom is -0.465 e. The van der Waals surface area contributed by atoms with Crippen LogP contribution in [-0.2, 0) is 4.74 Å². The van der Waals surface area contributed by atoms with Crippen molar-refractivity contribution in [2.45, 2.75) is 9.24 Å². The lowest BCUT2D eigenvalue weighted by molar-refractivity contribution is 0.0606. The van der Waals surface area contributed by atoms with E-state index in [4.69, 9.17) is 11.6 Å². The molecule has 3 nitrogen and oxygen atoms in total. The average molecular weight is 304 g/mol. The minimum atomic E-state index is -0.544. The van der Waals surface area contributed by atoms with Crippen LogP contribution in [0.15, 0.2) is 33.5 Å². The summed E-state index contributed by atoms with van der Waals surface area (Å²) in [5, 5.41) is 0.0747. The number of halogens is 2. The van der Waals surface area contributed by atoms with Gasteiger partial charge in [-0.1, -0.05) is 46.8 Å². The van der Waals surface area contributed by atoms with Crippen LogP contribution in [-0.4, -0.2) is 18.1 Å². The molecular formula is C11H7ClFNO2S2. The number of carbonyl (C=O) groups is 1. The summed E-state index contributed by atoms with van der Waals surface area (Å²) in [7, 11) is 1.27. The van der Waals surface area contributed by atoms with Crippen molar-refractivity contribution < 1.29 is 13.9 Å². The standard InChI is InChI=1S/C11H7ClFNO2S2/c1-16-10(15)8-9(12)14-11(18-8)17-7-5-3-2-4-6(7)13/h2-5H,1H3. The van der Waals surface area contributed by atoms with Gasteiger partial charge in [0.15, 0.2) is 14.4 Å². The molecule has 0 N–H and O–H groups in total. The van der Waals surface area contributed by atoms with Crippen molar-refractivity contribution in [2.24, 2.45) is 0 Å². The summed E-state index contributed by atoms with van der Waals surface area (Å²) in [6.45, 7) is 0. The number of carbonyl (C=O) groups excluding carboxylic acids is 1. The van der Waals surface area contributed by atoms with Crippen LogP contribution >= 0.6 is 34.7 Å². The van der Waals surface area contributed by atoms with Crippen molar-refractivity contribution in [3.63, 3.8) is 0 Å². The molecule has 94 valence electrons. The van der Waals surface area contributed by atoms with E-state index in [-0.39, 0.29) is 15.8 Å². The highest BCUT2D eigenvalue weighted by Crippen LogP contribution is 2.36. The molecular weight excluding hydrogens is 297 g/mol. The number of nitrogens with zero attached hydrogens (tertiary/aromatic N) is 1. The van der Waals surface area contributed by atoms with Gasteiger partial charge < -0.3 is 4.74 Å². The zero-order chi connectivity index (χ0) is 13.1. The number of rotatable bonds is 3. The monoisotopic (exact) mass is 303 g/mol. The van der Waals surface area contributed by atoms with Crippen LogP contribution < -0.4 is 0 Å². The molecule has 0 fully saturated rings. The first-order valence-electron chi connectivity index (χ1n) is 4.79. The van der Waals surface area contributed by atoms with Gasteiger partial charge in [-0.2, -0.15) is 0 Å². The second-order valence-electron chi connectivity index (χ2n) is 3.12. The molecule has 0 aliphatic heterocycles. The van der Waals surface area contributed by atoms with Crippen LogP contribution in [0.1, 0.15) is 9.67 Å². The van der Waals surface area contributed by atoms with E-state index < -0.39 is 5.97 Å². The van der Waals surface area contributed by atoms with Gasteiger partial charge in [-0.25, -0.2) is 14.2 Å². The molecule has 1 aromatic heterocycles. The van der Waals surface area contributed by atoms with Crippen LogP contribution in [0.25, 0.3) is 0 Å². The maximum atomic E-state index is 13.4. The lowest BCUT2D eigenvalue weighted by atomic mass is 10.4. The van der Waals surface area contributed by atoms with Gasteiger partial charge in [0.1, 0.15) is 5.82 Å². The van der Waals surface area contributed by atoms with Crippen molar-refractivity contribution in [2.75, 3.05) is 7.11 Å². The SMILES string of the molecule is COC(=O)c1sc(Sc2ccccc2F)nc1Cl. The summed E-state index contributed by atoms with van der Waals surface area (Å²) in [6, 6.07) is 6.32. The maximum Gasteiger partial charge on any atom is 0.351 e. The molecule has 0 bridgehead atoms. The van der Waals surface area contributed by atoms with E-state index in [2.05, 4.69) is 9.72 Å². The second-order valence-corrected chi connectivity index (χ2v) is 5.77. The molecule has 0 saturated carbocycles. The van der Waals surface area contributed by atoms with Gasteiger partial charge in [-0.3, -0.25) is 0 Å². The van der Waals surface area contributed by atoms with Gasteiger partial charge in [-0.15, -0.1) is 0 Å². The molecule has 0 aliphatic rings. The van der Waals surface area contributed by atoms with Crippen molar-refractivity contribution in [1.82, 2.24) is 4.98 Å². The quantitative estimate of drug-likeness (QED) is 0.807. The van der Waals surface area contributed by atoms with E-state index in [1.54, 1.807) is 18.2 Å². The fourth-order valence-electron chi connectivity index (χ4n) is 1.17. The molecule has 2 rings (SSSR count). The highest BCUT2D eigenvalue weighted by molar-refractivity contribution is 8.01. The Balaban J connectivity index is 2.26. The average Bonchev–Trinajstić information content (AvgIpc) is 2.72. The number of ether oxygens (including phenoxy) is 1. The molecule has 1 aromatic carbocycles. The van der Waals surface area contributed by atoms with E-state index in [0.717, 1.165) is 23.1 Å². The third kappa shape index (κ3) is 2.82. The topological polar surface area (TPSA) is 39.2 Å². The van der Waals surface area contributed by atoms with Gasteiger partial charge >= 0.3 is 5.97 Å². The number of methoxy groups -OCH3 is 1. The van der Waals surface area contributed by atoms with Crippen LogP contribution in [0.5, 0.6) is 0 Å². The number of esters is 1. The Bertz CT molecular complexity index is 588. The molecule has 1 heterocycles. The Morgan fingerprint density at radius 1 is 1.50 bits per heavy atom. The second kappa shape index (κ2) is 5.69. The van der Waals surface area contributed by atoms with Crippen LogP contribution in [0.4, 0.5) is 4.39 Å². The Kier molecular flexibility index (Phi) is 4.21. The van der Waals surface area contributed by atoms with E-state index >= 15 is 0 Å². The lowest BCUT2D eigenvalue weighted by Crippen LogP contribution is -1.98. The van der Waals surface area contributed by atoms with E-state index in [1.807, 2.05) is 0 Å². The molecule has 2 aromatic rings. The molecule has 0 unspecified atom stereocenters. The molecule has 0 saturated heterocycles. The fourth-order valence-corrected chi connectivity index (χ4v) is 3.48. The molecule has 0 spiro atoms. The van der Waals surface area contributed by atoms with Gasteiger partial charge in [0.2, 0.25) is 0 Å². The van der Waals surface area contributed by atoms with E-state index in [1.165, 1.54) is 13.2 Å². The van der Waals surface area contributed by atoms with Gasteiger partial charge in [0.25, 0.3) is 0 Å². The van der Waals surface area contributed by atoms with Gasteiger partial charge in [0, 0.05) is 0 Å². The van der Waals surface area contributed by atoms with Crippen molar-refractivity contribution in [3.05, 3.63) is 40.1 Å². The largest absolute Gasteiger partial charge is 0.465 e. The summed E-state index contributed by atoms with van der Waals surface area (Å²) >= 11 is 8.01. The van der Waals surface area contributed by atoms with E-state index in [0.29, 0.717) is 9.24 Å². The predicted octanol–water partition coefficient (Wildman–Crippen LogP) is 3.87. The number of thiazole rings is 1. The van der Waals surface area contributed by atoms with Crippen LogP contribution in [0.2, 0.25) is 5.15 Å². The smallest absolute Gasteiger partial charge is 0.351 e. The minimum absolute atomic E-state index is 0.0747.